The molecule has 1 aliphatic heterocycles. The maximum atomic E-state index is 10.9. The summed E-state index contributed by atoms with van der Waals surface area (Å²) in [4.78, 5) is 12.9. The van der Waals surface area contributed by atoms with Gasteiger partial charge in [-0.05, 0) is 32.0 Å². The lowest BCUT2D eigenvalue weighted by molar-refractivity contribution is -0.384. The summed E-state index contributed by atoms with van der Waals surface area (Å²) in [7, 11) is 1.58. The molecule has 0 amide bonds. The second-order valence-corrected chi connectivity index (χ2v) is 5.31. The van der Waals surface area contributed by atoms with Crippen LogP contribution < -0.4 is 10.1 Å². The molecule has 0 bridgehead atoms. The Hall–Kier alpha value is -1.66. The normalized spacial score (nSPS) is 18.9. The molecular weight excluding hydrogens is 270 g/mol. The fourth-order valence-corrected chi connectivity index (χ4v) is 2.93. The Balaban J connectivity index is 1.95. The molecule has 0 spiro atoms. The predicted molar refractivity (Wildman–Crippen MR) is 81.6 cm³/mol. The summed E-state index contributed by atoms with van der Waals surface area (Å²) in [6, 6.07) is 5.28. The van der Waals surface area contributed by atoms with E-state index in [0.29, 0.717) is 18.3 Å². The standard InChI is InChI=1S/C15H23N3O3/c1-3-17-8-4-5-14(17)11-16-10-12-9-13(18(19)20)6-7-15(12)21-2/h6-7,9,14,16H,3-5,8,10-11H2,1-2H3. The molecule has 0 saturated carbocycles. The molecule has 0 radical (unpaired) electrons. The molecule has 1 N–H and O–H groups in total. The first-order valence-electron chi connectivity index (χ1n) is 7.41. The van der Waals surface area contributed by atoms with Crippen molar-refractivity contribution in [3.05, 3.63) is 33.9 Å². The Labute approximate surface area is 125 Å². The highest BCUT2D eigenvalue weighted by atomic mass is 16.6. The van der Waals surface area contributed by atoms with E-state index in [1.807, 2.05) is 0 Å². The number of likely N-dealkylation sites (N-methyl/N-ethyl adjacent to an activating group) is 1. The van der Waals surface area contributed by atoms with Crippen molar-refractivity contribution in [3.8, 4) is 5.75 Å². The van der Waals surface area contributed by atoms with E-state index < -0.39 is 0 Å². The molecule has 0 aliphatic carbocycles. The quantitative estimate of drug-likeness (QED) is 0.616. The number of nitro benzene ring substituents is 1. The van der Waals surface area contributed by atoms with Crippen LogP contribution in [0.1, 0.15) is 25.3 Å². The molecule has 116 valence electrons. The lowest BCUT2D eigenvalue weighted by atomic mass is 10.1. The van der Waals surface area contributed by atoms with Crippen LogP contribution in [0.15, 0.2) is 18.2 Å². The number of benzene rings is 1. The first-order valence-corrected chi connectivity index (χ1v) is 7.41. The number of nitro groups is 1. The average Bonchev–Trinajstić information content (AvgIpc) is 2.94. The van der Waals surface area contributed by atoms with Crippen LogP contribution in [0.3, 0.4) is 0 Å². The van der Waals surface area contributed by atoms with Gasteiger partial charge in [0.05, 0.1) is 12.0 Å². The Morgan fingerprint density at radius 2 is 2.33 bits per heavy atom. The number of non-ortho nitro benzene ring substituents is 1. The van der Waals surface area contributed by atoms with Gasteiger partial charge in [-0.15, -0.1) is 0 Å². The predicted octanol–water partition coefficient (Wildman–Crippen LogP) is 2.18. The number of ether oxygens (including phenoxy) is 1. The molecule has 1 aliphatic rings. The highest BCUT2D eigenvalue weighted by Gasteiger charge is 2.22. The van der Waals surface area contributed by atoms with Crippen molar-refractivity contribution in [1.82, 2.24) is 10.2 Å². The molecular formula is C15H23N3O3. The number of likely N-dealkylation sites (tertiary alicyclic amines) is 1. The molecule has 1 fully saturated rings. The number of rotatable bonds is 7. The van der Waals surface area contributed by atoms with E-state index >= 15 is 0 Å². The third-order valence-electron chi connectivity index (χ3n) is 4.08. The molecule has 1 unspecified atom stereocenters. The van der Waals surface area contributed by atoms with Crippen molar-refractivity contribution in [2.75, 3.05) is 26.7 Å². The summed E-state index contributed by atoms with van der Waals surface area (Å²) in [5.74, 6) is 0.687. The van der Waals surface area contributed by atoms with Crippen LogP contribution in [-0.2, 0) is 6.54 Å². The van der Waals surface area contributed by atoms with Gasteiger partial charge in [-0.2, -0.15) is 0 Å². The molecule has 21 heavy (non-hydrogen) atoms. The highest BCUT2D eigenvalue weighted by Crippen LogP contribution is 2.24. The van der Waals surface area contributed by atoms with E-state index in [1.54, 1.807) is 19.2 Å². The second kappa shape index (κ2) is 7.38. The summed E-state index contributed by atoms with van der Waals surface area (Å²) in [5.41, 5.74) is 0.927. The fourth-order valence-electron chi connectivity index (χ4n) is 2.93. The third-order valence-corrected chi connectivity index (χ3v) is 4.08. The minimum atomic E-state index is -0.376. The van der Waals surface area contributed by atoms with Crippen LogP contribution in [0.25, 0.3) is 0 Å². The molecule has 1 aromatic rings. The number of nitrogens with one attached hydrogen (secondary N) is 1. The van der Waals surface area contributed by atoms with Crippen molar-refractivity contribution in [2.45, 2.75) is 32.4 Å². The fraction of sp³-hybridized carbons (Fsp3) is 0.600. The molecule has 6 heteroatoms. The topological polar surface area (TPSA) is 67.6 Å². The number of hydrogen-bond donors (Lipinski definition) is 1. The minimum Gasteiger partial charge on any atom is -0.496 e. The molecule has 1 saturated heterocycles. The van der Waals surface area contributed by atoms with Gasteiger partial charge in [0.15, 0.2) is 0 Å². The Bertz CT molecular complexity index is 493. The van der Waals surface area contributed by atoms with Crippen LogP contribution >= 0.6 is 0 Å². The Morgan fingerprint density at radius 1 is 1.52 bits per heavy atom. The van der Waals surface area contributed by atoms with Gasteiger partial charge < -0.3 is 10.1 Å². The largest absolute Gasteiger partial charge is 0.496 e. The monoisotopic (exact) mass is 293 g/mol. The van der Waals surface area contributed by atoms with Gasteiger partial charge in [0, 0.05) is 36.8 Å². The zero-order valence-corrected chi connectivity index (χ0v) is 12.7. The van der Waals surface area contributed by atoms with Gasteiger partial charge in [-0.1, -0.05) is 6.92 Å². The smallest absolute Gasteiger partial charge is 0.270 e. The molecule has 1 aromatic carbocycles. The van der Waals surface area contributed by atoms with Gasteiger partial charge in [-0.25, -0.2) is 0 Å². The lowest BCUT2D eigenvalue weighted by Crippen LogP contribution is -2.37. The minimum absolute atomic E-state index is 0.101. The van der Waals surface area contributed by atoms with Crippen LogP contribution in [0.5, 0.6) is 5.75 Å². The zero-order chi connectivity index (χ0) is 15.2. The van der Waals surface area contributed by atoms with Crippen molar-refractivity contribution in [1.29, 1.82) is 0 Å². The zero-order valence-electron chi connectivity index (χ0n) is 12.7. The first-order chi connectivity index (χ1) is 10.2. The maximum absolute atomic E-state index is 10.9. The van der Waals surface area contributed by atoms with Gasteiger partial charge in [0.25, 0.3) is 5.69 Å². The second-order valence-electron chi connectivity index (χ2n) is 5.31. The van der Waals surface area contributed by atoms with Crippen molar-refractivity contribution in [2.24, 2.45) is 0 Å². The van der Waals surface area contributed by atoms with Crippen molar-refractivity contribution >= 4 is 5.69 Å². The summed E-state index contributed by atoms with van der Waals surface area (Å²) in [5, 5.41) is 14.3. The summed E-state index contributed by atoms with van der Waals surface area (Å²) >= 11 is 0. The van der Waals surface area contributed by atoms with E-state index in [-0.39, 0.29) is 10.6 Å². The number of nitrogens with zero attached hydrogens (tertiary/aromatic N) is 2. The maximum Gasteiger partial charge on any atom is 0.270 e. The molecule has 6 nitrogen and oxygen atoms in total. The summed E-state index contributed by atoms with van der Waals surface area (Å²) < 4.78 is 5.27. The van der Waals surface area contributed by atoms with Gasteiger partial charge in [-0.3, -0.25) is 15.0 Å². The van der Waals surface area contributed by atoms with Crippen molar-refractivity contribution in [3.63, 3.8) is 0 Å². The van der Waals surface area contributed by atoms with Crippen molar-refractivity contribution < 1.29 is 9.66 Å². The first kappa shape index (κ1) is 15.7. The SMILES string of the molecule is CCN1CCCC1CNCc1cc([N+](=O)[O-])ccc1OC. The van der Waals surface area contributed by atoms with E-state index in [0.717, 1.165) is 18.7 Å². The molecule has 1 atom stereocenters. The van der Waals surface area contributed by atoms with Gasteiger partial charge in [0.1, 0.15) is 5.75 Å². The average molecular weight is 293 g/mol. The highest BCUT2D eigenvalue weighted by molar-refractivity contribution is 5.43. The van der Waals surface area contributed by atoms with Crippen LogP contribution in [-0.4, -0.2) is 42.6 Å². The number of methoxy groups -OCH3 is 1. The third kappa shape index (κ3) is 3.92. The van der Waals surface area contributed by atoms with Gasteiger partial charge >= 0.3 is 0 Å². The van der Waals surface area contributed by atoms with Gasteiger partial charge in [0.2, 0.25) is 0 Å². The summed E-state index contributed by atoms with van der Waals surface area (Å²) in [6.45, 7) is 5.91. The number of hydrogen-bond acceptors (Lipinski definition) is 5. The van der Waals surface area contributed by atoms with Crippen LogP contribution in [0.2, 0.25) is 0 Å². The van der Waals surface area contributed by atoms with Crippen LogP contribution in [0.4, 0.5) is 5.69 Å². The Morgan fingerprint density at radius 3 is 3.00 bits per heavy atom. The molecule has 1 heterocycles. The lowest BCUT2D eigenvalue weighted by Gasteiger charge is -2.23. The molecule has 2 rings (SSSR count). The van der Waals surface area contributed by atoms with E-state index in [4.69, 9.17) is 4.74 Å². The van der Waals surface area contributed by atoms with Crippen LogP contribution in [0, 0.1) is 10.1 Å². The summed E-state index contributed by atoms with van der Waals surface area (Å²) in [6.07, 6.45) is 2.47. The Kier molecular flexibility index (Phi) is 5.52. The van der Waals surface area contributed by atoms with E-state index in [2.05, 4.69) is 17.1 Å². The van der Waals surface area contributed by atoms with E-state index in [9.17, 15) is 10.1 Å². The van der Waals surface area contributed by atoms with E-state index in [1.165, 1.54) is 25.5 Å². The molecule has 0 aromatic heterocycles.